The summed E-state index contributed by atoms with van der Waals surface area (Å²) in [6.45, 7) is 4.38. The molecule has 0 aromatic carbocycles. The number of nitrogens with zero attached hydrogens (tertiary/aromatic N) is 6. The van der Waals surface area contributed by atoms with Gasteiger partial charge in [0, 0.05) is 36.9 Å². The summed E-state index contributed by atoms with van der Waals surface area (Å²) < 4.78 is 47.5. The van der Waals surface area contributed by atoms with E-state index in [1.807, 2.05) is 6.92 Å². The van der Waals surface area contributed by atoms with E-state index >= 15 is 0 Å². The summed E-state index contributed by atoms with van der Waals surface area (Å²) >= 11 is 1.12. The molecule has 4 aromatic heterocycles. The Morgan fingerprint density at radius 2 is 1.86 bits per heavy atom. The van der Waals surface area contributed by atoms with Gasteiger partial charge in [0.15, 0.2) is 12.5 Å². The molecule has 15 nitrogen and oxygen atoms in total. The van der Waals surface area contributed by atoms with Crippen LogP contribution in [0.1, 0.15) is 63.0 Å². The molecule has 5 rings (SSSR count). The number of carbonyl (C=O) groups is 4. The van der Waals surface area contributed by atoms with E-state index in [1.54, 1.807) is 10.9 Å². The molecule has 4 aromatic rings. The van der Waals surface area contributed by atoms with Gasteiger partial charge in [-0.1, -0.05) is 0 Å². The highest BCUT2D eigenvalue weighted by Crippen LogP contribution is 2.35. The smallest absolute Gasteiger partial charge is 0.350 e. The number of amides is 1. The topological polar surface area (TPSA) is 190 Å². The minimum Gasteiger partial charge on any atom is -0.481 e. The molecule has 1 aliphatic rings. The quantitative estimate of drug-likeness (QED) is 0.147. The van der Waals surface area contributed by atoms with Gasteiger partial charge >= 0.3 is 17.9 Å². The lowest BCUT2D eigenvalue weighted by Crippen LogP contribution is -2.38. The fourth-order valence-electron chi connectivity index (χ4n) is 5.26. The van der Waals surface area contributed by atoms with E-state index in [2.05, 4.69) is 25.5 Å². The minimum absolute atomic E-state index is 0.0228. The Morgan fingerprint density at radius 1 is 1.10 bits per heavy atom. The summed E-state index contributed by atoms with van der Waals surface area (Å²) in [4.78, 5) is 56.6. The van der Waals surface area contributed by atoms with Crippen molar-refractivity contribution in [3.63, 3.8) is 0 Å². The number of ether oxygens (including phenoxy) is 3. The molecule has 2 unspecified atom stereocenters. The molecule has 0 saturated heterocycles. The van der Waals surface area contributed by atoms with Gasteiger partial charge < -0.3 is 24.6 Å². The van der Waals surface area contributed by atoms with Crippen molar-refractivity contribution in [3.8, 4) is 22.0 Å². The number of anilines is 1. The Morgan fingerprint density at radius 3 is 2.55 bits per heavy atom. The van der Waals surface area contributed by atoms with Crippen molar-refractivity contribution >= 4 is 40.8 Å². The third-order valence-corrected chi connectivity index (χ3v) is 8.65. The van der Waals surface area contributed by atoms with Crippen LogP contribution in [0.2, 0.25) is 0 Å². The van der Waals surface area contributed by atoms with E-state index < -0.39 is 54.3 Å². The highest BCUT2D eigenvalue weighted by atomic mass is 32.1. The van der Waals surface area contributed by atoms with Gasteiger partial charge in [0.2, 0.25) is 12.1 Å². The second-order valence-electron chi connectivity index (χ2n) is 11.2. The predicted molar refractivity (Wildman–Crippen MR) is 168 cm³/mol. The summed E-state index contributed by atoms with van der Waals surface area (Å²) in [5.74, 6) is -6.95. The van der Waals surface area contributed by atoms with Crippen molar-refractivity contribution in [1.29, 1.82) is 0 Å². The Kier molecular flexibility index (Phi) is 11.1. The molecule has 1 fully saturated rings. The van der Waals surface area contributed by atoms with E-state index in [0.717, 1.165) is 56.1 Å². The molecular formula is C31H33F2N7O8S. The van der Waals surface area contributed by atoms with Crippen molar-refractivity contribution < 1.29 is 47.3 Å². The molecule has 1 amide bonds. The zero-order valence-electron chi connectivity index (χ0n) is 26.7. The molecule has 18 heteroatoms. The maximum absolute atomic E-state index is 14.8. The Balaban J connectivity index is 1.29. The van der Waals surface area contributed by atoms with Crippen molar-refractivity contribution in [1.82, 2.24) is 29.5 Å². The van der Waals surface area contributed by atoms with Crippen LogP contribution in [0.25, 0.3) is 22.0 Å². The fourth-order valence-corrected chi connectivity index (χ4v) is 6.03. The van der Waals surface area contributed by atoms with E-state index in [-0.39, 0.29) is 34.9 Å². The maximum atomic E-state index is 14.8. The summed E-state index contributed by atoms with van der Waals surface area (Å²) in [5, 5.41) is 22.5. The Bertz CT molecular complexity index is 1840. The van der Waals surface area contributed by atoms with Gasteiger partial charge in [-0.3, -0.25) is 19.1 Å². The number of carboxylic acid groups (broad SMARTS) is 1. The number of carboxylic acids is 1. The molecule has 4 heterocycles. The van der Waals surface area contributed by atoms with E-state index in [9.17, 15) is 33.1 Å². The van der Waals surface area contributed by atoms with Gasteiger partial charge in [-0.05, 0) is 51.7 Å². The molecule has 0 aliphatic heterocycles. The van der Waals surface area contributed by atoms with Crippen molar-refractivity contribution in [2.45, 2.75) is 71.4 Å². The lowest BCUT2D eigenvalue weighted by atomic mass is 9.93. The Labute approximate surface area is 282 Å². The number of thiazole rings is 1. The predicted octanol–water partition coefficient (Wildman–Crippen LogP) is 4.47. The molecular weight excluding hydrogens is 668 g/mol. The number of aromatic nitrogens is 6. The Hall–Kier alpha value is -5.10. The number of rotatable bonds is 13. The van der Waals surface area contributed by atoms with Crippen LogP contribution in [-0.4, -0.2) is 77.3 Å². The van der Waals surface area contributed by atoms with Gasteiger partial charge in [0.05, 0.1) is 24.0 Å². The van der Waals surface area contributed by atoms with E-state index in [1.165, 1.54) is 29.4 Å². The fraction of sp³-hybridized carbons (Fsp3) is 0.419. The lowest BCUT2D eigenvalue weighted by molar-refractivity contribution is -0.177. The van der Waals surface area contributed by atoms with Crippen molar-refractivity contribution in [3.05, 3.63) is 53.6 Å². The molecule has 0 radical (unpaired) electrons. The minimum atomic E-state index is -1.65. The molecule has 0 spiro atoms. The maximum Gasteiger partial charge on any atom is 0.350 e. The van der Waals surface area contributed by atoms with Crippen LogP contribution < -0.4 is 5.32 Å². The molecule has 2 atom stereocenters. The average Bonchev–Trinajstić information content (AvgIpc) is 3.84. The van der Waals surface area contributed by atoms with E-state index in [0.29, 0.717) is 17.2 Å². The van der Waals surface area contributed by atoms with Crippen LogP contribution in [0.15, 0.2) is 36.1 Å². The monoisotopic (exact) mass is 701 g/mol. The van der Waals surface area contributed by atoms with Crippen molar-refractivity contribution in [2.24, 2.45) is 5.92 Å². The molecule has 260 valence electrons. The van der Waals surface area contributed by atoms with Crippen LogP contribution in [0.3, 0.4) is 0 Å². The second kappa shape index (κ2) is 15.4. The molecule has 1 aliphatic carbocycles. The third-order valence-electron chi connectivity index (χ3n) is 7.76. The molecule has 49 heavy (non-hydrogen) atoms. The first-order valence-corrected chi connectivity index (χ1v) is 16.2. The van der Waals surface area contributed by atoms with Crippen LogP contribution in [0, 0.1) is 17.7 Å². The number of hydrogen-bond donors (Lipinski definition) is 2. The average molecular weight is 702 g/mol. The van der Waals surface area contributed by atoms with Gasteiger partial charge in [0.25, 0.3) is 5.91 Å². The lowest BCUT2D eigenvalue weighted by Gasteiger charge is -2.28. The summed E-state index contributed by atoms with van der Waals surface area (Å²) in [6, 6.07) is 1.79. The number of esters is 2. The standard InChI is InChI=1S/C31H33F2N7O8S/c1-4-46-20-7-5-19(6-8-20)40-13-22(26(38-40)25-21(32)9-10-24(33)37-25)35-28(42)23-14-49-29(36-23)18-11-34-39(12-18)15-47-31(45)27(48-17(3)41)16(2)30(43)44/h9-14,16,19-20,27H,4-8,15H2,1-3H3,(H,35,42)(H,43,44). The highest BCUT2D eigenvalue weighted by Gasteiger charge is 2.34. The van der Waals surface area contributed by atoms with Crippen LogP contribution in [0.4, 0.5) is 14.5 Å². The third kappa shape index (κ3) is 8.50. The number of aliphatic carboxylic acids is 1. The van der Waals surface area contributed by atoms with Gasteiger partial charge in [-0.15, -0.1) is 11.3 Å². The normalized spacial score (nSPS) is 17.2. The first kappa shape index (κ1) is 35.2. The summed E-state index contributed by atoms with van der Waals surface area (Å²) in [6.07, 6.45) is 6.07. The number of carbonyl (C=O) groups excluding carboxylic acids is 3. The summed E-state index contributed by atoms with van der Waals surface area (Å²) in [7, 11) is 0. The van der Waals surface area contributed by atoms with Gasteiger partial charge in [-0.2, -0.15) is 14.6 Å². The zero-order valence-corrected chi connectivity index (χ0v) is 27.5. The second-order valence-corrected chi connectivity index (χ2v) is 12.1. The summed E-state index contributed by atoms with van der Waals surface area (Å²) in [5.41, 5.74) is 0.243. The number of nitrogens with one attached hydrogen (secondary N) is 1. The largest absolute Gasteiger partial charge is 0.481 e. The number of hydrogen-bond acceptors (Lipinski definition) is 12. The first-order chi connectivity index (χ1) is 23.4. The number of halogens is 2. The van der Waals surface area contributed by atoms with Gasteiger partial charge in [0.1, 0.15) is 28.0 Å². The SMILES string of the molecule is CCOC1CCC(n2cc(NC(=O)c3csc(-c4cnn(COC(=O)C(OC(C)=O)C(C)C(=O)O)c4)n3)c(-c3nc(F)ccc3F)n2)CC1. The highest BCUT2D eigenvalue weighted by molar-refractivity contribution is 7.13. The van der Waals surface area contributed by atoms with Crippen LogP contribution in [-0.2, 0) is 35.3 Å². The molecule has 0 bridgehead atoms. The first-order valence-electron chi connectivity index (χ1n) is 15.3. The zero-order chi connectivity index (χ0) is 35.2. The molecule has 2 N–H and O–H groups in total. The number of pyridine rings is 1. The van der Waals surface area contributed by atoms with Crippen molar-refractivity contribution in [2.75, 3.05) is 11.9 Å². The van der Waals surface area contributed by atoms with Crippen LogP contribution in [0.5, 0.6) is 0 Å². The van der Waals surface area contributed by atoms with E-state index in [4.69, 9.17) is 14.2 Å². The van der Waals surface area contributed by atoms with Gasteiger partial charge in [-0.25, -0.2) is 23.8 Å². The van der Waals surface area contributed by atoms with Crippen LogP contribution >= 0.6 is 11.3 Å². The molecule has 1 saturated carbocycles.